The van der Waals surface area contributed by atoms with Crippen LogP contribution in [-0.2, 0) is 6.42 Å². The van der Waals surface area contributed by atoms with Crippen molar-refractivity contribution in [1.82, 2.24) is 5.32 Å². The van der Waals surface area contributed by atoms with Crippen molar-refractivity contribution in [2.45, 2.75) is 26.3 Å². The van der Waals surface area contributed by atoms with Crippen LogP contribution >= 0.6 is 11.8 Å². The molecule has 2 heteroatoms. The molecule has 15 heavy (non-hydrogen) atoms. The Labute approximate surface area is 97.7 Å². The number of rotatable bonds is 5. The van der Waals surface area contributed by atoms with E-state index in [9.17, 15) is 0 Å². The zero-order valence-electron chi connectivity index (χ0n) is 10.1. The van der Waals surface area contributed by atoms with Gasteiger partial charge >= 0.3 is 0 Å². The molecule has 1 unspecified atom stereocenters. The van der Waals surface area contributed by atoms with Crippen LogP contribution in [0.15, 0.2) is 18.2 Å². The summed E-state index contributed by atoms with van der Waals surface area (Å²) in [6.45, 7) is 4.33. The number of aryl methyl sites for hydroxylation is 2. The summed E-state index contributed by atoms with van der Waals surface area (Å²) in [6.07, 6.45) is 3.28. The first-order valence-electron chi connectivity index (χ1n) is 5.39. The summed E-state index contributed by atoms with van der Waals surface area (Å²) < 4.78 is 0. The van der Waals surface area contributed by atoms with Crippen LogP contribution in [0.4, 0.5) is 0 Å². The molecule has 1 nitrogen and oxygen atoms in total. The van der Waals surface area contributed by atoms with Crippen LogP contribution in [0, 0.1) is 13.8 Å². The zero-order chi connectivity index (χ0) is 11.3. The molecule has 84 valence electrons. The van der Waals surface area contributed by atoms with Gasteiger partial charge in [-0.2, -0.15) is 11.8 Å². The van der Waals surface area contributed by atoms with Crippen LogP contribution in [0.2, 0.25) is 0 Å². The fourth-order valence-corrected chi connectivity index (χ4v) is 2.60. The molecular formula is C13H21NS. The average Bonchev–Trinajstić information content (AvgIpc) is 2.15. The Hall–Kier alpha value is -0.470. The molecule has 0 heterocycles. The van der Waals surface area contributed by atoms with Crippen LogP contribution in [0.1, 0.15) is 16.7 Å². The number of benzene rings is 1. The highest BCUT2D eigenvalue weighted by atomic mass is 32.2. The molecule has 0 bridgehead atoms. The Morgan fingerprint density at radius 3 is 2.27 bits per heavy atom. The van der Waals surface area contributed by atoms with Gasteiger partial charge in [0.1, 0.15) is 0 Å². The Bertz CT molecular complexity index is 289. The van der Waals surface area contributed by atoms with E-state index in [1.165, 1.54) is 22.4 Å². The number of hydrogen-bond acceptors (Lipinski definition) is 2. The first-order chi connectivity index (χ1) is 7.15. The normalized spacial score (nSPS) is 12.8. The quantitative estimate of drug-likeness (QED) is 0.824. The smallest absolute Gasteiger partial charge is 0.0195 e. The fourth-order valence-electron chi connectivity index (χ4n) is 1.92. The Morgan fingerprint density at radius 2 is 1.80 bits per heavy atom. The SMILES string of the molecule is CNC(CSC)Cc1cc(C)cc(C)c1. The van der Waals surface area contributed by atoms with Gasteiger partial charge in [-0.05, 0) is 39.1 Å². The maximum atomic E-state index is 3.37. The maximum absolute atomic E-state index is 3.37. The van der Waals surface area contributed by atoms with Crippen LogP contribution in [0.3, 0.4) is 0 Å². The molecule has 1 atom stereocenters. The highest BCUT2D eigenvalue weighted by molar-refractivity contribution is 7.98. The molecule has 1 N–H and O–H groups in total. The Balaban J connectivity index is 2.69. The van der Waals surface area contributed by atoms with Gasteiger partial charge in [-0.1, -0.05) is 29.3 Å². The third-order valence-electron chi connectivity index (χ3n) is 2.54. The molecule has 1 aromatic carbocycles. The Kier molecular flexibility index (Phi) is 5.20. The summed E-state index contributed by atoms with van der Waals surface area (Å²) in [7, 11) is 2.05. The van der Waals surface area contributed by atoms with Gasteiger partial charge in [-0.3, -0.25) is 0 Å². The second kappa shape index (κ2) is 6.19. The molecule has 0 aliphatic rings. The molecule has 0 saturated carbocycles. The van der Waals surface area contributed by atoms with Gasteiger partial charge in [0, 0.05) is 11.8 Å². The van der Waals surface area contributed by atoms with Crippen molar-refractivity contribution in [3.05, 3.63) is 34.9 Å². The van der Waals surface area contributed by atoms with Gasteiger partial charge in [-0.15, -0.1) is 0 Å². The van der Waals surface area contributed by atoms with E-state index in [0.717, 1.165) is 6.42 Å². The summed E-state index contributed by atoms with van der Waals surface area (Å²) in [5.41, 5.74) is 4.17. The molecule has 0 radical (unpaired) electrons. The van der Waals surface area contributed by atoms with E-state index in [2.05, 4.69) is 43.6 Å². The first kappa shape index (κ1) is 12.6. The number of hydrogen-bond donors (Lipinski definition) is 1. The number of likely N-dealkylation sites (N-methyl/N-ethyl adjacent to an activating group) is 1. The molecule has 0 aliphatic heterocycles. The third-order valence-corrected chi connectivity index (χ3v) is 3.28. The minimum Gasteiger partial charge on any atom is -0.316 e. The molecule has 1 rings (SSSR count). The minimum atomic E-state index is 0.584. The van der Waals surface area contributed by atoms with Crippen LogP contribution in [0.5, 0.6) is 0 Å². The molecule has 0 aromatic heterocycles. The molecule has 0 amide bonds. The topological polar surface area (TPSA) is 12.0 Å². The molecule has 0 saturated heterocycles. The lowest BCUT2D eigenvalue weighted by Crippen LogP contribution is -2.29. The van der Waals surface area contributed by atoms with E-state index in [0.29, 0.717) is 6.04 Å². The van der Waals surface area contributed by atoms with Crippen molar-refractivity contribution in [3.63, 3.8) is 0 Å². The van der Waals surface area contributed by atoms with E-state index < -0.39 is 0 Å². The monoisotopic (exact) mass is 223 g/mol. The van der Waals surface area contributed by atoms with Crippen molar-refractivity contribution in [2.75, 3.05) is 19.1 Å². The standard InChI is InChI=1S/C13H21NS/c1-10-5-11(2)7-12(6-10)8-13(14-3)9-15-4/h5-7,13-14H,8-9H2,1-4H3. The fraction of sp³-hybridized carbons (Fsp3) is 0.538. The third kappa shape index (κ3) is 4.27. The lowest BCUT2D eigenvalue weighted by Gasteiger charge is -2.15. The van der Waals surface area contributed by atoms with Gasteiger partial charge in [0.2, 0.25) is 0 Å². The van der Waals surface area contributed by atoms with E-state index in [1.54, 1.807) is 0 Å². The van der Waals surface area contributed by atoms with Gasteiger partial charge in [-0.25, -0.2) is 0 Å². The minimum absolute atomic E-state index is 0.584. The average molecular weight is 223 g/mol. The van der Waals surface area contributed by atoms with Gasteiger partial charge in [0.05, 0.1) is 0 Å². The highest BCUT2D eigenvalue weighted by Crippen LogP contribution is 2.12. The van der Waals surface area contributed by atoms with Crippen LogP contribution < -0.4 is 5.32 Å². The van der Waals surface area contributed by atoms with Crippen molar-refractivity contribution in [1.29, 1.82) is 0 Å². The number of thioether (sulfide) groups is 1. The van der Waals surface area contributed by atoms with Crippen LogP contribution in [0.25, 0.3) is 0 Å². The predicted octanol–water partition coefficient (Wildman–Crippen LogP) is 2.80. The largest absolute Gasteiger partial charge is 0.316 e. The lowest BCUT2D eigenvalue weighted by molar-refractivity contribution is 0.617. The Morgan fingerprint density at radius 1 is 1.20 bits per heavy atom. The van der Waals surface area contributed by atoms with Gasteiger partial charge in [0.15, 0.2) is 0 Å². The summed E-state index contributed by atoms with van der Waals surface area (Å²) in [5, 5.41) is 3.37. The van der Waals surface area contributed by atoms with Crippen molar-refractivity contribution in [2.24, 2.45) is 0 Å². The highest BCUT2D eigenvalue weighted by Gasteiger charge is 2.06. The molecule has 0 fully saturated rings. The summed E-state index contributed by atoms with van der Waals surface area (Å²) >= 11 is 1.90. The summed E-state index contributed by atoms with van der Waals surface area (Å²) in [5.74, 6) is 1.17. The first-order valence-corrected chi connectivity index (χ1v) is 6.78. The molecule has 0 aliphatic carbocycles. The molecular weight excluding hydrogens is 202 g/mol. The molecule has 1 aromatic rings. The van der Waals surface area contributed by atoms with Crippen molar-refractivity contribution >= 4 is 11.8 Å². The van der Waals surface area contributed by atoms with Crippen molar-refractivity contribution < 1.29 is 0 Å². The zero-order valence-corrected chi connectivity index (χ0v) is 10.9. The summed E-state index contributed by atoms with van der Waals surface area (Å²) in [4.78, 5) is 0. The summed E-state index contributed by atoms with van der Waals surface area (Å²) in [6, 6.07) is 7.39. The van der Waals surface area contributed by atoms with Gasteiger partial charge < -0.3 is 5.32 Å². The number of nitrogens with one attached hydrogen (secondary N) is 1. The molecule has 0 spiro atoms. The van der Waals surface area contributed by atoms with E-state index >= 15 is 0 Å². The second-order valence-corrected chi connectivity index (χ2v) is 5.05. The van der Waals surface area contributed by atoms with E-state index in [4.69, 9.17) is 0 Å². The van der Waals surface area contributed by atoms with Gasteiger partial charge in [0.25, 0.3) is 0 Å². The van der Waals surface area contributed by atoms with Crippen LogP contribution in [-0.4, -0.2) is 25.1 Å². The van der Waals surface area contributed by atoms with E-state index in [-0.39, 0.29) is 0 Å². The van der Waals surface area contributed by atoms with E-state index in [1.807, 2.05) is 18.8 Å². The predicted molar refractivity (Wildman–Crippen MR) is 70.8 cm³/mol. The van der Waals surface area contributed by atoms with Crippen molar-refractivity contribution in [3.8, 4) is 0 Å². The lowest BCUT2D eigenvalue weighted by atomic mass is 10.0. The maximum Gasteiger partial charge on any atom is 0.0195 e. The second-order valence-electron chi connectivity index (χ2n) is 4.14.